The van der Waals surface area contributed by atoms with Crippen LogP contribution in [0.1, 0.15) is 16.9 Å². The summed E-state index contributed by atoms with van der Waals surface area (Å²) in [5.74, 6) is -1.40. The fourth-order valence-electron chi connectivity index (χ4n) is 1.03. The minimum atomic E-state index is -1.40. The van der Waals surface area contributed by atoms with Gasteiger partial charge in [0, 0.05) is 6.54 Å². The first-order valence-electron chi connectivity index (χ1n) is 4.12. The van der Waals surface area contributed by atoms with Crippen LogP contribution in [0.15, 0.2) is 18.9 Å². The van der Waals surface area contributed by atoms with Gasteiger partial charge in [-0.25, -0.2) is 4.79 Å². The average molecular weight is 211 g/mol. The van der Waals surface area contributed by atoms with Crippen LogP contribution in [0, 0.1) is 10.1 Å². The van der Waals surface area contributed by atoms with E-state index in [9.17, 15) is 14.9 Å². The Morgan fingerprint density at radius 1 is 1.80 bits per heavy atom. The third-order valence-corrected chi connectivity index (χ3v) is 1.70. The molecule has 1 rings (SSSR count). The lowest BCUT2D eigenvalue weighted by Crippen LogP contribution is -2.03. The molecule has 7 heteroatoms. The van der Waals surface area contributed by atoms with Crippen LogP contribution < -0.4 is 0 Å². The lowest BCUT2D eigenvalue weighted by molar-refractivity contribution is -0.385. The number of aromatic nitrogens is 2. The zero-order chi connectivity index (χ0) is 11.4. The minimum Gasteiger partial charge on any atom is -0.476 e. The summed E-state index contributed by atoms with van der Waals surface area (Å²) >= 11 is 0. The lowest BCUT2D eigenvalue weighted by Gasteiger charge is -1.93. The third kappa shape index (κ3) is 2.39. The number of aryl methyl sites for hydroxylation is 1. The van der Waals surface area contributed by atoms with Crippen molar-refractivity contribution in [3.05, 3.63) is 34.7 Å². The summed E-state index contributed by atoms with van der Waals surface area (Å²) in [5.41, 5.74) is -1.03. The van der Waals surface area contributed by atoms with Gasteiger partial charge in [-0.15, -0.1) is 6.58 Å². The molecular weight excluding hydrogens is 202 g/mol. The van der Waals surface area contributed by atoms with E-state index in [-0.39, 0.29) is 0 Å². The van der Waals surface area contributed by atoms with Gasteiger partial charge in [0.25, 0.3) is 0 Å². The van der Waals surface area contributed by atoms with Gasteiger partial charge in [0.2, 0.25) is 5.69 Å². The largest absolute Gasteiger partial charge is 0.476 e. The van der Waals surface area contributed by atoms with Crippen molar-refractivity contribution in [1.82, 2.24) is 9.78 Å². The highest BCUT2D eigenvalue weighted by Crippen LogP contribution is 2.16. The van der Waals surface area contributed by atoms with Crippen LogP contribution >= 0.6 is 0 Å². The summed E-state index contributed by atoms with van der Waals surface area (Å²) in [5, 5.41) is 22.7. The highest BCUT2D eigenvalue weighted by molar-refractivity contribution is 5.89. The van der Waals surface area contributed by atoms with Crippen molar-refractivity contribution < 1.29 is 14.8 Å². The van der Waals surface area contributed by atoms with Crippen LogP contribution in [0.4, 0.5) is 5.69 Å². The molecule has 0 saturated heterocycles. The molecule has 0 aliphatic carbocycles. The molecule has 80 valence electrons. The SMILES string of the molecule is C=CCCn1cc([N+](=O)[O-])c(C(=O)O)n1. The summed E-state index contributed by atoms with van der Waals surface area (Å²) < 4.78 is 1.23. The van der Waals surface area contributed by atoms with E-state index in [2.05, 4.69) is 11.7 Å². The first-order valence-corrected chi connectivity index (χ1v) is 4.12. The molecule has 1 aromatic heterocycles. The quantitative estimate of drug-likeness (QED) is 0.446. The van der Waals surface area contributed by atoms with Crippen LogP contribution in [0.5, 0.6) is 0 Å². The number of carboxylic acids is 1. The highest BCUT2D eigenvalue weighted by atomic mass is 16.6. The zero-order valence-corrected chi connectivity index (χ0v) is 7.79. The fraction of sp³-hybridized carbons (Fsp3) is 0.250. The predicted octanol–water partition coefficient (Wildman–Crippen LogP) is 1.07. The number of hydrogen-bond donors (Lipinski definition) is 1. The second-order valence-electron chi connectivity index (χ2n) is 2.77. The highest BCUT2D eigenvalue weighted by Gasteiger charge is 2.24. The van der Waals surface area contributed by atoms with E-state index in [1.54, 1.807) is 6.08 Å². The average Bonchev–Trinajstić information content (AvgIpc) is 2.58. The van der Waals surface area contributed by atoms with Gasteiger partial charge in [-0.2, -0.15) is 5.10 Å². The van der Waals surface area contributed by atoms with Crippen molar-refractivity contribution in [1.29, 1.82) is 0 Å². The van der Waals surface area contributed by atoms with Gasteiger partial charge in [0.05, 0.1) is 4.92 Å². The topological polar surface area (TPSA) is 98.3 Å². The van der Waals surface area contributed by atoms with E-state index in [4.69, 9.17) is 5.11 Å². The Balaban J connectivity index is 3.03. The number of hydrogen-bond acceptors (Lipinski definition) is 4. The van der Waals surface area contributed by atoms with Crippen molar-refractivity contribution in [3.8, 4) is 0 Å². The standard InChI is InChI=1S/C8H9N3O4/c1-2-3-4-10-5-6(11(14)15)7(9-10)8(12)13/h2,5H,1,3-4H2,(H,12,13). The summed E-state index contributed by atoms with van der Waals surface area (Å²) in [7, 11) is 0. The summed E-state index contributed by atoms with van der Waals surface area (Å²) in [4.78, 5) is 20.3. The van der Waals surface area contributed by atoms with E-state index in [0.717, 1.165) is 6.20 Å². The molecule has 0 atom stereocenters. The molecule has 0 aliphatic rings. The third-order valence-electron chi connectivity index (χ3n) is 1.70. The van der Waals surface area contributed by atoms with E-state index in [1.165, 1.54) is 4.68 Å². The minimum absolute atomic E-state index is 0.373. The number of nitrogens with zero attached hydrogens (tertiary/aromatic N) is 3. The van der Waals surface area contributed by atoms with Crippen molar-refractivity contribution >= 4 is 11.7 Å². The molecule has 0 aliphatic heterocycles. The fourth-order valence-corrected chi connectivity index (χ4v) is 1.03. The molecule has 0 bridgehead atoms. The first-order chi connectivity index (χ1) is 7.06. The van der Waals surface area contributed by atoms with E-state index in [1.807, 2.05) is 0 Å². The second-order valence-corrected chi connectivity index (χ2v) is 2.77. The van der Waals surface area contributed by atoms with Crippen LogP contribution in [0.2, 0.25) is 0 Å². The number of nitro groups is 1. The maximum atomic E-state index is 10.6. The Bertz CT molecular complexity index is 379. The number of rotatable bonds is 5. The maximum absolute atomic E-state index is 10.6. The molecule has 0 amide bonds. The van der Waals surface area contributed by atoms with Crippen LogP contribution in [-0.2, 0) is 6.54 Å². The number of carbonyl (C=O) groups is 1. The molecule has 7 nitrogen and oxygen atoms in total. The molecule has 0 spiro atoms. The van der Waals surface area contributed by atoms with Gasteiger partial charge in [-0.05, 0) is 6.42 Å². The summed E-state index contributed by atoms with van der Waals surface area (Å²) in [6.45, 7) is 3.86. The molecule has 0 unspecified atom stereocenters. The molecule has 1 N–H and O–H groups in total. The Morgan fingerprint density at radius 3 is 2.87 bits per heavy atom. The number of allylic oxidation sites excluding steroid dienone is 1. The van der Waals surface area contributed by atoms with Crippen LogP contribution in [0.25, 0.3) is 0 Å². The summed E-state index contributed by atoms with van der Waals surface area (Å²) in [6.07, 6.45) is 3.29. The molecule has 15 heavy (non-hydrogen) atoms. The normalized spacial score (nSPS) is 9.87. The van der Waals surface area contributed by atoms with Crippen molar-refractivity contribution in [2.45, 2.75) is 13.0 Å². The van der Waals surface area contributed by atoms with Gasteiger partial charge >= 0.3 is 11.7 Å². The zero-order valence-electron chi connectivity index (χ0n) is 7.79. The molecule has 1 heterocycles. The second kappa shape index (κ2) is 4.36. The van der Waals surface area contributed by atoms with Gasteiger partial charge in [0.1, 0.15) is 6.20 Å². The monoisotopic (exact) mass is 211 g/mol. The van der Waals surface area contributed by atoms with Gasteiger partial charge in [-0.1, -0.05) is 6.08 Å². The predicted molar refractivity (Wildman–Crippen MR) is 50.7 cm³/mol. The molecular formula is C8H9N3O4. The van der Waals surface area contributed by atoms with E-state index >= 15 is 0 Å². The lowest BCUT2D eigenvalue weighted by atomic mass is 10.4. The molecule has 0 radical (unpaired) electrons. The Morgan fingerprint density at radius 2 is 2.47 bits per heavy atom. The van der Waals surface area contributed by atoms with E-state index < -0.39 is 22.3 Å². The van der Waals surface area contributed by atoms with Crippen molar-refractivity contribution in [2.24, 2.45) is 0 Å². The Labute approximate surface area is 84.8 Å². The molecule has 0 fully saturated rings. The van der Waals surface area contributed by atoms with Gasteiger partial charge in [0.15, 0.2) is 0 Å². The first kappa shape index (κ1) is 10.9. The van der Waals surface area contributed by atoms with E-state index in [0.29, 0.717) is 13.0 Å². The van der Waals surface area contributed by atoms with Crippen molar-refractivity contribution in [2.75, 3.05) is 0 Å². The van der Waals surface area contributed by atoms with Gasteiger partial charge < -0.3 is 5.11 Å². The number of aromatic carboxylic acids is 1. The summed E-state index contributed by atoms with van der Waals surface area (Å²) in [6, 6.07) is 0. The van der Waals surface area contributed by atoms with Crippen molar-refractivity contribution in [3.63, 3.8) is 0 Å². The van der Waals surface area contributed by atoms with Crippen LogP contribution in [0.3, 0.4) is 0 Å². The molecule has 0 saturated carbocycles. The number of carboxylic acid groups (broad SMARTS) is 1. The smallest absolute Gasteiger partial charge is 0.363 e. The van der Waals surface area contributed by atoms with Gasteiger partial charge in [-0.3, -0.25) is 14.8 Å². The maximum Gasteiger partial charge on any atom is 0.363 e. The Kier molecular flexibility index (Phi) is 3.17. The van der Waals surface area contributed by atoms with Crippen LogP contribution in [-0.4, -0.2) is 25.8 Å². The Hall–Kier alpha value is -2.18. The molecule has 1 aromatic rings. The molecule has 0 aromatic carbocycles.